The van der Waals surface area contributed by atoms with Gasteiger partial charge in [-0.2, -0.15) is 0 Å². The van der Waals surface area contributed by atoms with Crippen molar-refractivity contribution in [3.63, 3.8) is 0 Å². The second-order valence-electron chi connectivity index (χ2n) is 5.50. The van der Waals surface area contributed by atoms with Crippen LogP contribution in [0, 0.1) is 0 Å². The topological polar surface area (TPSA) is 33.3 Å². The average molecular weight is 338 g/mol. The molecule has 0 aliphatic heterocycles. The quantitative estimate of drug-likeness (QED) is 0.508. The monoisotopic (exact) mass is 338 g/mol. The molecule has 25 heavy (non-hydrogen) atoms. The second kappa shape index (κ2) is 14.0. The minimum absolute atomic E-state index is 0.839. The molecular weight excluding hydrogens is 308 g/mol. The largest absolute Gasteiger partial charge is 0.497 e. The lowest BCUT2D eigenvalue weighted by molar-refractivity contribution is 0.414. The van der Waals surface area contributed by atoms with Crippen molar-refractivity contribution in [3.05, 3.63) is 91.0 Å². The molecule has 2 aromatic carbocycles. The second-order valence-corrected chi connectivity index (χ2v) is 5.50. The summed E-state index contributed by atoms with van der Waals surface area (Å²) in [6.07, 6.45) is 4.82. The van der Waals surface area contributed by atoms with E-state index in [0.29, 0.717) is 0 Å². The van der Waals surface area contributed by atoms with Gasteiger partial charge in [-0.15, -0.1) is 13.2 Å². The van der Waals surface area contributed by atoms with Crippen LogP contribution < -0.4 is 15.4 Å². The standard InChI is InChI=1S/C11H15NO.C11H15N/c1-3-8-12-9-10-4-6-11(13-2)7-5-10;1-2-9-12-10-8-11-6-4-3-5-7-11/h3-7,12H,1,8-9H2,2H3;2-7,12H,1,8-10H2. The zero-order chi connectivity index (χ0) is 18.2. The number of methoxy groups -OCH3 is 1. The van der Waals surface area contributed by atoms with E-state index in [-0.39, 0.29) is 0 Å². The summed E-state index contributed by atoms with van der Waals surface area (Å²) >= 11 is 0. The molecule has 2 aromatic rings. The van der Waals surface area contributed by atoms with Crippen molar-refractivity contribution in [2.75, 3.05) is 26.7 Å². The van der Waals surface area contributed by atoms with E-state index >= 15 is 0 Å². The van der Waals surface area contributed by atoms with Crippen LogP contribution in [0.2, 0.25) is 0 Å². The van der Waals surface area contributed by atoms with Gasteiger partial charge in [0, 0.05) is 19.6 Å². The molecule has 0 atom stereocenters. The maximum absolute atomic E-state index is 5.06. The molecule has 0 radical (unpaired) electrons. The average Bonchev–Trinajstić information content (AvgIpc) is 2.67. The Morgan fingerprint density at radius 1 is 0.840 bits per heavy atom. The van der Waals surface area contributed by atoms with Gasteiger partial charge >= 0.3 is 0 Å². The van der Waals surface area contributed by atoms with Crippen LogP contribution in [0.4, 0.5) is 0 Å². The van der Waals surface area contributed by atoms with Crippen molar-refractivity contribution in [2.24, 2.45) is 0 Å². The molecule has 0 spiro atoms. The smallest absolute Gasteiger partial charge is 0.118 e. The van der Waals surface area contributed by atoms with E-state index in [1.165, 1.54) is 11.1 Å². The maximum atomic E-state index is 5.06. The molecular formula is C22H30N2O. The molecule has 0 amide bonds. The fourth-order valence-corrected chi connectivity index (χ4v) is 2.14. The first-order valence-electron chi connectivity index (χ1n) is 8.60. The highest BCUT2D eigenvalue weighted by Gasteiger charge is 1.92. The fraction of sp³-hybridized carbons (Fsp3) is 0.273. The van der Waals surface area contributed by atoms with Crippen molar-refractivity contribution in [1.82, 2.24) is 10.6 Å². The Morgan fingerprint density at radius 2 is 1.48 bits per heavy atom. The van der Waals surface area contributed by atoms with Crippen LogP contribution in [0.15, 0.2) is 79.9 Å². The number of benzene rings is 2. The SMILES string of the molecule is C=CCNCCc1ccccc1.C=CCNCc1ccc(OC)cc1. The van der Waals surface area contributed by atoms with E-state index in [1.54, 1.807) is 7.11 Å². The lowest BCUT2D eigenvalue weighted by atomic mass is 10.1. The molecule has 0 unspecified atom stereocenters. The van der Waals surface area contributed by atoms with Gasteiger partial charge in [0.15, 0.2) is 0 Å². The van der Waals surface area contributed by atoms with Crippen LogP contribution in [-0.2, 0) is 13.0 Å². The lowest BCUT2D eigenvalue weighted by Crippen LogP contribution is -2.16. The Balaban J connectivity index is 0.000000251. The van der Waals surface area contributed by atoms with E-state index < -0.39 is 0 Å². The highest BCUT2D eigenvalue weighted by Crippen LogP contribution is 2.10. The molecule has 0 saturated carbocycles. The summed E-state index contributed by atoms with van der Waals surface area (Å²) in [5.74, 6) is 0.896. The van der Waals surface area contributed by atoms with Crippen LogP contribution in [-0.4, -0.2) is 26.7 Å². The molecule has 0 fully saturated rings. The molecule has 3 nitrogen and oxygen atoms in total. The zero-order valence-electron chi connectivity index (χ0n) is 15.2. The summed E-state index contributed by atoms with van der Waals surface area (Å²) in [6, 6.07) is 18.5. The summed E-state index contributed by atoms with van der Waals surface area (Å²) in [4.78, 5) is 0. The first-order chi connectivity index (χ1) is 12.3. The van der Waals surface area contributed by atoms with Gasteiger partial charge in [0.25, 0.3) is 0 Å². The number of ether oxygens (including phenoxy) is 1. The number of nitrogens with one attached hydrogen (secondary N) is 2. The first-order valence-corrected chi connectivity index (χ1v) is 8.60. The molecule has 0 aliphatic carbocycles. The molecule has 0 heterocycles. The van der Waals surface area contributed by atoms with Crippen LogP contribution in [0.3, 0.4) is 0 Å². The molecule has 0 aliphatic rings. The van der Waals surface area contributed by atoms with Gasteiger partial charge in [-0.3, -0.25) is 0 Å². The van der Waals surface area contributed by atoms with Gasteiger partial charge in [0.2, 0.25) is 0 Å². The van der Waals surface area contributed by atoms with E-state index in [9.17, 15) is 0 Å². The zero-order valence-corrected chi connectivity index (χ0v) is 15.2. The Bertz CT molecular complexity index is 579. The van der Waals surface area contributed by atoms with Crippen LogP contribution in [0.1, 0.15) is 11.1 Å². The van der Waals surface area contributed by atoms with Gasteiger partial charge in [0.05, 0.1) is 7.11 Å². The molecule has 2 rings (SSSR count). The van der Waals surface area contributed by atoms with Crippen LogP contribution in [0.5, 0.6) is 5.75 Å². The third-order valence-corrected chi connectivity index (χ3v) is 3.50. The molecule has 3 heteroatoms. The Morgan fingerprint density at radius 3 is 2.08 bits per heavy atom. The van der Waals surface area contributed by atoms with Crippen molar-refractivity contribution >= 4 is 0 Å². The van der Waals surface area contributed by atoms with Crippen molar-refractivity contribution < 1.29 is 4.74 Å². The summed E-state index contributed by atoms with van der Waals surface area (Å²) < 4.78 is 5.06. The van der Waals surface area contributed by atoms with Crippen LogP contribution >= 0.6 is 0 Å². The minimum atomic E-state index is 0.839. The van der Waals surface area contributed by atoms with E-state index in [2.05, 4.69) is 60.2 Å². The highest BCUT2D eigenvalue weighted by molar-refractivity contribution is 5.27. The third-order valence-electron chi connectivity index (χ3n) is 3.50. The van der Waals surface area contributed by atoms with Gasteiger partial charge in [-0.1, -0.05) is 54.6 Å². The van der Waals surface area contributed by atoms with Crippen LogP contribution in [0.25, 0.3) is 0 Å². The first kappa shape index (κ1) is 20.7. The Hall–Kier alpha value is -2.36. The summed E-state index contributed by atoms with van der Waals surface area (Å²) in [5, 5.41) is 6.50. The van der Waals surface area contributed by atoms with Gasteiger partial charge < -0.3 is 15.4 Å². The number of hydrogen-bond acceptors (Lipinski definition) is 3. The van der Waals surface area contributed by atoms with Gasteiger partial charge in [0.1, 0.15) is 5.75 Å². The fourth-order valence-electron chi connectivity index (χ4n) is 2.14. The molecule has 0 bridgehead atoms. The van der Waals surface area contributed by atoms with E-state index in [0.717, 1.165) is 38.3 Å². The molecule has 2 N–H and O–H groups in total. The normalized spacial score (nSPS) is 9.64. The van der Waals surface area contributed by atoms with Gasteiger partial charge in [-0.25, -0.2) is 0 Å². The summed E-state index contributed by atoms with van der Waals surface area (Å²) in [6.45, 7) is 10.9. The number of hydrogen-bond donors (Lipinski definition) is 2. The highest BCUT2D eigenvalue weighted by atomic mass is 16.5. The minimum Gasteiger partial charge on any atom is -0.497 e. The molecule has 0 saturated heterocycles. The van der Waals surface area contributed by atoms with E-state index in [4.69, 9.17) is 4.74 Å². The van der Waals surface area contributed by atoms with Crippen molar-refractivity contribution in [2.45, 2.75) is 13.0 Å². The Labute approximate surface area is 152 Å². The third kappa shape index (κ3) is 10.2. The maximum Gasteiger partial charge on any atom is 0.118 e. The van der Waals surface area contributed by atoms with Gasteiger partial charge in [-0.05, 0) is 36.2 Å². The number of rotatable bonds is 10. The van der Waals surface area contributed by atoms with E-state index in [1.807, 2.05) is 30.4 Å². The Kier molecular flexibility index (Phi) is 11.6. The lowest BCUT2D eigenvalue weighted by Gasteiger charge is -2.03. The molecule has 134 valence electrons. The predicted octanol–water partition coefficient (Wildman–Crippen LogP) is 3.98. The predicted molar refractivity (Wildman–Crippen MR) is 108 cm³/mol. The van der Waals surface area contributed by atoms with Crippen molar-refractivity contribution in [1.29, 1.82) is 0 Å². The van der Waals surface area contributed by atoms with Crippen molar-refractivity contribution in [3.8, 4) is 5.75 Å². The molecule has 0 aromatic heterocycles. The summed E-state index contributed by atoms with van der Waals surface area (Å²) in [5.41, 5.74) is 2.64. The summed E-state index contributed by atoms with van der Waals surface area (Å²) in [7, 11) is 1.67.